The van der Waals surface area contributed by atoms with Crippen molar-refractivity contribution >= 4 is 22.8 Å². The second kappa shape index (κ2) is 6.01. The van der Waals surface area contributed by atoms with Crippen molar-refractivity contribution in [3.63, 3.8) is 0 Å². The number of benzene rings is 1. The molecular weight excluding hydrogens is 284 g/mol. The molecule has 6 nitrogen and oxygen atoms in total. The summed E-state index contributed by atoms with van der Waals surface area (Å²) in [6.07, 6.45) is 1.34. The molecule has 6 heteroatoms. The van der Waals surface area contributed by atoms with Gasteiger partial charge in [0.05, 0.1) is 0 Å². The molecule has 2 rings (SSSR count). The van der Waals surface area contributed by atoms with Gasteiger partial charge >= 0.3 is 5.97 Å². The summed E-state index contributed by atoms with van der Waals surface area (Å²) in [6, 6.07) is 6.90. The summed E-state index contributed by atoms with van der Waals surface area (Å²) in [6.45, 7) is 4.92. The number of pyridine rings is 1. The lowest BCUT2D eigenvalue weighted by molar-refractivity contribution is -0.153. The highest BCUT2D eigenvalue weighted by atomic mass is 16.6. The number of fused-ring (bicyclic) bond motifs is 1. The molecule has 2 aromatic rings. The van der Waals surface area contributed by atoms with Crippen molar-refractivity contribution in [2.45, 2.75) is 26.4 Å². The summed E-state index contributed by atoms with van der Waals surface area (Å²) >= 11 is 0. The van der Waals surface area contributed by atoms with Gasteiger partial charge in [0.25, 0.3) is 5.91 Å². The van der Waals surface area contributed by atoms with Crippen LogP contribution in [0.1, 0.15) is 31.1 Å². The van der Waals surface area contributed by atoms with Crippen LogP contribution in [0.25, 0.3) is 10.9 Å². The smallest absolute Gasteiger partial charge is 0.325 e. The van der Waals surface area contributed by atoms with Gasteiger partial charge in [-0.3, -0.25) is 14.4 Å². The van der Waals surface area contributed by atoms with E-state index in [2.05, 4.69) is 10.3 Å². The van der Waals surface area contributed by atoms with Crippen molar-refractivity contribution in [3.05, 3.63) is 46.2 Å². The van der Waals surface area contributed by atoms with Gasteiger partial charge in [-0.25, -0.2) is 0 Å². The Morgan fingerprint density at radius 1 is 1.23 bits per heavy atom. The van der Waals surface area contributed by atoms with Crippen LogP contribution in [-0.4, -0.2) is 29.0 Å². The Hall–Kier alpha value is -2.63. The highest BCUT2D eigenvalue weighted by molar-refractivity contribution is 5.98. The molecule has 1 aromatic heterocycles. The SMILES string of the molecule is CC(C)(C)OC(=O)CNC(=O)c1c[nH]c2ccccc2c1=O. The first kappa shape index (κ1) is 15.8. The normalized spacial score (nSPS) is 11.2. The zero-order chi connectivity index (χ0) is 16.3. The van der Waals surface area contributed by atoms with Gasteiger partial charge in [-0.1, -0.05) is 12.1 Å². The number of esters is 1. The van der Waals surface area contributed by atoms with E-state index in [1.807, 2.05) is 0 Å². The predicted octanol–water partition coefficient (Wildman–Crippen LogP) is 1.60. The number of carbonyl (C=O) groups is 2. The minimum Gasteiger partial charge on any atom is -0.459 e. The third kappa shape index (κ3) is 3.72. The fraction of sp³-hybridized carbons (Fsp3) is 0.312. The number of hydrogen-bond acceptors (Lipinski definition) is 4. The first-order valence-corrected chi connectivity index (χ1v) is 6.88. The zero-order valence-electron chi connectivity index (χ0n) is 12.7. The van der Waals surface area contributed by atoms with Crippen LogP contribution in [0, 0.1) is 0 Å². The van der Waals surface area contributed by atoms with E-state index in [1.54, 1.807) is 45.0 Å². The van der Waals surface area contributed by atoms with Gasteiger partial charge in [0.15, 0.2) is 0 Å². The van der Waals surface area contributed by atoms with E-state index < -0.39 is 17.5 Å². The third-order valence-electron chi connectivity index (χ3n) is 2.85. The number of aromatic amines is 1. The lowest BCUT2D eigenvalue weighted by atomic mass is 10.1. The molecule has 0 unspecified atom stereocenters. The number of H-pyrrole nitrogens is 1. The van der Waals surface area contributed by atoms with Crippen LogP contribution in [-0.2, 0) is 9.53 Å². The van der Waals surface area contributed by atoms with Crippen molar-refractivity contribution in [2.75, 3.05) is 6.54 Å². The minimum atomic E-state index is -0.623. The number of ether oxygens (including phenoxy) is 1. The van der Waals surface area contributed by atoms with E-state index in [-0.39, 0.29) is 17.5 Å². The molecule has 116 valence electrons. The molecule has 0 fully saturated rings. The number of para-hydroxylation sites is 1. The third-order valence-corrected chi connectivity index (χ3v) is 2.85. The minimum absolute atomic E-state index is 0.0396. The van der Waals surface area contributed by atoms with Crippen LogP contribution in [0.2, 0.25) is 0 Å². The highest BCUT2D eigenvalue weighted by Crippen LogP contribution is 2.08. The summed E-state index contributed by atoms with van der Waals surface area (Å²) in [5.41, 5.74) is -0.392. The lowest BCUT2D eigenvalue weighted by Crippen LogP contribution is -2.36. The zero-order valence-corrected chi connectivity index (χ0v) is 12.7. The van der Waals surface area contributed by atoms with Gasteiger partial charge in [0.2, 0.25) is 5.43 Å². The summed E-state index contributed by atoms with van der Waals surface area (Å²) < 4.78 is 5.08. The van der Waals surface area contributed by atoms with E-state index in [0.29, 0.717) is 10.9 Å². The molecule has 0 spiro atoms. The van der Waals surface area contributed by atoms with Gasteiger partial charge in [-0.05, 0) is 32.9 Å². The highest BCUT2D eigenvalue weighted by Gasteiger charge is 2.18. The quantitative estimate of drug-likeness (QED) is 0.843. The standard InChI is InChI=1S/C16H18N2O4/c1-16(2,3)22-13(19)9-18-15(21)11-8-17-12-7-5-4-6-10(12)14(11)20/h4-8H,9H2,1-3H3,(H,17,20)(H,18,21). The predicted molar refractivity (Wildman–Crippen MR) is 82.7 cm³/mol. The number of amides is 1. The van der Waals surface area contributed by atoms with Crippen LogP contribution >= 0.6 is 0 Å². The summed E-state index contributed by atoms with van der Waals surface area (Å²) in [5.74, 6) is -1.17. The Balaban J connectivity index is 2.12. The number of nitrogens with one attached hydrogen (secondary N) is 2. The molecule has 1 heterocycles. The molecule has 0 saturated heterocycles. The molecule has 0 radical (unpaired) electrons. The van der Waals surface area contributed by atoms with Gasteiger partial charge in [0, 0.05) is 17.1 Å². The molecule has 0 aliphatic rings. The van der Waals surface area contributed by atoms with Crippen molar-refractivity contribution in [1.29, 1.82) is 0 Å². The van der Waals surface area contributed by atoms with Gasteiger partial charge < -0.3 is 15.0 Å². The molecular formula is C16H18N2O4. The number of carbonyl (C=O) groups excluding carboxylic acids is 2. The Bertz CT molecular complexity index is 772. The maximum atomic E-state index is 12.2. The molecule has 0 saturated carbocycles. The molecule has 0 aliphatic carbocycles. The van der Waals surface area contributed by atoms with E-state index >= 15 is 0 Å². The van der Waals surface area contributed by atoms with Crippen molar-refractivity contribution in [3.8, 4) is 0 Å². The van der Waals surface area contributed by atoms with E-state index in [0.717, 1.165) is 0 Å². The molecule has 1 amide bonds. The average molecular weight is 302 g/mol. The van der Waals surface area contributed by atoms with Crippen LogP contribution < -0.4 is 10.7 Å². The Labute approximate surface area is 127 Å². The van der Waals surface area contributed by atoms with Crippen molar-refractivity contribution < 1.29 is 14.3 Å². The molecule has 0 aliphatic heterocycles. The van der Waals surface area contributed by atoms with E-state index in [4.69, 9.17) is 4.74 Å². The van der Waals surface area contributed by atoms with E-state index in [9.17, 15) is 14.4 Å². The van der Waals surface area contributed by atoms with Crippen LogP contribution in [0.5, 0.6) is 0 Å². The molecule has 0 bridgehead atoms. The average Bonchev–Trinajstić information content (AvgIpc) is 2.44. The lowest BCUT2D eigenvalue weighted by Gasteiger charge is -2.19. The van der Waals surface area contributed by atoms with Crippen LogP contribution in [0.4, 0.5) is 0 Å². The second-order valence-electron chi connectivity index (χ2n) is 5.85. The number of hydrogen-bond donors (Lipinski definition) is 2. The summed E-state index contributed by atoms with van der Waals surface area (Å²) in [5, 5.41) is 2.82. The first-order valence-electron chi connectivity index (χ1n) is 6.88. The van der Waals surface area contributed by atoms with Gasteiger partial charge in [-0.15, -0.1) is 0 Å². The Kier molecular flexibility index (Phi) is 4.30. The summed E-state index contributed by atoms with van der Waals surface area (Å²) in [7, 11) is 0. The van der Waals surface area contributed by atoms with E-state index in [1.165, 1.54) is 6.20 Å². The number of rotatable bonds is 3. The molecule has 22 heavy (non-hydrogen) atoms. The first-order chi connectivity index (χ1) is 10.3. The fourth-order valence-corrected chi connectivity index (χ4v) is 1.96. The van der Waals surface area contributed by atoms with Crippen molar-refractivity contribution in [1.82, 2.24) is 10.3 Å². The maximum absolute atomic E-state index is 12.2. The van der Waals surface area contributed by atoms with Crippen LogP contribution in [0.3, 0.4) is 0 Å². The molecule has 1 aromatic carbocycles. The Morgan fingerprint density at radius 2 is 1.91 bits per heavy atom. The van der Waals surface area contributed by atoms with Crippen LogP contribution in [0.15, 0.2) is 35.3 Å². The Morgan fingerprint density at radius 3 is 2.59 bits per heavy atom. The largest absolute Gasteiger partial charge is 0.459 e. The van der Waals surface area contributed by atoms with Crippen molar-refractivity contribution in [2.24, 2.45) is 0 Å². The molecule has 2 N–H and O–H groups in total. The van der Waals surface area contributed by atoms with Gasteiger partial charge in [0.1, 0.15) is 17.7 Å². The topological polar surface area (TPSA) is 88.3 Å². The number of aromatic nitrogens is 1. The molecule has 0 atom stereocenters. The fourth-order valence-electron chi connectivity index (χ4n) is 1.96. The summed E-state index contributed by atoms with van der Waals surface area (Å²) in [4.78, 5) is 38.7. The maximum Gasteiger partial charge on any atom is 0.325 e. The van der Waals surface area contributed by atoms with Gasteiger partial charge in [-0.2, -0.15) is 0 Å². The monoisotopic (exact) mass is 302 g/mol. The second-order valence-corrected chi connectivity index (χ2v) is 5.85.